The number of likely N-dealkylation sites (tertiary alicyclic amines) is 1. The molecule has 0 bridgehead atoms. The van der Waals surface area contributed by atoms with E-state index in [1.165, 1.54) is 0 Å². The highest BCUT2D eigenvalue weighted by molar-refractivity contribution is 5.77. The van der Waals surface area contributed by atoms with Crippen LogP contribution in [0.3, 0.4) is 0 Å². The first kappa shape index (κ1) is 12.8. The predicted molar refractivity (Wildman–Crippen MR) is 66.6 cm³/mol. The van der Waals surface area contributed by atoms with E-state index in [4.69, 9.17) is 0 Å². The molecule has 4 unspecified atom stereocenters. The quantitative estimate of drug-likeness (QED) is 0.757. The summed E-state index contributed by atoms with van der Waals surface area (Å²) < 4.78 is 0. The molecule has 1 heterocycles. The second-order valence-electron chi connectivity index (χ2n) is 5.53. The number of fused-ring (bicyclic) bond motifs is 1. The third kappa shape index (κ3) is 2.80. The lowest BCUT2D eigenvalue weighted by Gasteiger charge is -2.21. The lowest BCUT2D eigenvalue weighted by molar-refractivity contribution is -0.131. The van der Waals surface area contributed by atoms with Gasteiger partial charge in [-0.1, -0.05) is 6.92 Å². The van der Waals surface area contributed by atoms with Crippen LogP contribution < -0.4 is 5.32 Å². The summed E-state index contributed by atoms with van der Waals surface area (Å²) in [5, 5.41) is 13.1. The zero-order chi connectivity index (χ0) is 12.4. The number of amides is 1. The van der Waals surface area contributed by atoms with Crippen molar-refractivity contribution in [3.8, 4) is 0 Å². The summed E-state index contributed by atoms with van der Waals surface area (Å²) in [6, 6.07) is 0.248. The average molecular weight is 240 g/mol. The van der Waals surface area contributed by atoms with Crippen molar-refractivity contribution in [2.24, 2.45) is 11.8 Å². The monoisotopic (exact) mass is 240 g/mol. The van der Waals surface area contributed by atoms with Crippen molar-refractivity contribution >= 4 is 5.91 Å². The number of nitrogens with one attached hydrogen (secondary N) is 1. The number of hydrogen-bond acceptors (Lipinski definition) is 3. The molecule has 0 aromatic heterocycles. The predicted octanol–water partition coefficient (Wildman–Crippen LogP) is 0.604. The highest BCUT2D eigenvalue weighted by Gasteiger charge is 2.43. The second-order valence-corrected chi connectivity index (χ2v) is 5.53. The van der Waals surface area contributed by atoms with Gasteiger partial charge in [0.1, 0.15) is 0 Å². The molecule has 17 heavy (non-hydrogen) atoms. The largest absolute Gasteiger partial charge is 0.393 e. The Kier molecular flexibility index (Phi) is 4.05. The molecule has 1 saturated heterocycles. The maximum absolute atomic E-state index is 12.1. The van der Waals surface area contributed by atoms with E-state index in [0.717, 1.165) is 32.5 Å². The van der Waals surface area contributed by atoms with E-state index in [9.17, 15) is 9.90 Å². The third-order valence-corrected chi connectivity index (χ3v) is 4.21. The molecule has 2 aliphatic rings. The van der Waals surface area contributed by atoms with Crippen LogP contribution in [0.25, 0.3) is 0 Å². The highest BCUT2D eigenvalue weighted by atomic mass is 16.3. The Morgan fingerprint density at radius 3 is 2.88 bits per heavy atom. The summed E-state index contributed by atoms with van der Waals surface area (Å²) >= 11 is 0. The minimum atomic E-state index is -0.177. The molecule has 2 rings (SSSR count). The first-order valence-electron chi connectivity index (χ1n) is 6.81. The van der Waals surface area contributed by atoms with Crippen LogP contribution >= 0.6 is 0 Å². The van der Waals surface area contributed by atoms with Crippen LogP contribution in [0.5, 0.6) is 0 Å². The van der Waals surface area contributed by atoms with E-state index in [-0.39, 0.29) is 18.1 Å². The van der Waals surface area contributed by atoms with Gasteiger partial charge in [0.25, 0.3) is 0 Å². The van der Waals surface area contributed by atoms with Gasteiger partial charge in [-0.3, -0.25) is 4.79 Å². The zero-order valence-corrected chi connectivity index (χ0v) is 10.9. The molecule has 2 fully saturated rings. The van der Waals surface area contributed by atoms with Crippen molar-refractivity contribution in [3.63, 3.8) is 0 Å². The summed E-state index contributed by atoms with van der Waals surface area (Å²) in [5.74, 6) is 1.12. The van der Waals surface area contributed by atoms with Crippen LogP contribution in [0, 0.1) is 11.8 Å². The van der Waals surface area contributed by atoms with Gasteiger partial charge in [-0.15, -0.1) is 0 Å². The summed E-state index contributed by atoms with van der Waals surface area (Å²) in [6.07, 6.45) is 2.40. The maximum Gasteiger partial charge on any atom is 0.224 e. The Labute approximate surface area is 103 Å². The Bertz CT molecular complexity index is 283. The Balaban J connectivity index is 1.82. The third-order valence-electron chi connectivity index (χ3n) is 4.21. The molecule has 1 amide bonds. The first-order chi connectivity index (χ1) is 8.11. The molecule has 4 atom stereocenters. The first-order valence-corrected chi connectivity index (χ1v) is 6.81. The van der Waals surface area contributed by atoms with E-state index in [2.05, 4.69) is 12.2 Å². The van der Waals surface area contributed by atoms with Gasteiger partial charge in [0.05, 0.1) is 6.10 Å². The lowest BCUT2D eigenvalue weighted by atomic mass is 10.00. The number of carbonyl (C=O) groups excluding carboxylic acids is 1. The summed E-state index contributed by atoms with van der Waals surface area (Å²) in [5.41, 5.74) is 0. The van der Waals surface area contributed by atoms with Gasteiger partial charge in [0.2, 0.25) is 5.91 Å². The standard InChI is InChI=1S/C13H24N2O2/c1-3-14-9(2)6-13(17)15-7-10-4-5-12(16)11(10)8-15/h9-12,14,16H,3-8H2,1-2H3. The molecule has 0 aromatic rings. The Hall–Kier alpha value is -0.610. The van der Waals surface area contributed by atoms with Crippen LogP contribution in [0.4, 0.5) is 0 Å². The average Bonchev–Trinajstić information content (AvgIpc) is 2.81. The van der Waals surface area contributed by atoms with Crippen molar-refractivity contribution < 1.29 is 9.90 Å². The maximum atomic E-state index is 12.1. The summed E-state index contributed by atoms with van der Waals surface area (Å²) in [7, 11) is 0. The van der Waals surface area contributed by atoms with Crippen molar-refractivity contribution in [3.05, 3.63) is 0 Å². The van der Waals surface area contributed by atoms with Gasteiger partial charge in [0.15, 0.2) is 0 Å². The second kappa shape index (κ2) is 5.36. The molecule has 4 nitrogen and oxygen atoms in total. The molecule has 4 heteroatoms. The SMILES string of the molecule is CCNC(C)CC(=O)N1CC2CCC(O)C2C1. The summed E-state index contributed by atoms with van der Waals surface area (Å²) in [4.78, 5) is 14.0. The van der Waals surface area contributed by atoms with Crippen LogP contribution in [-0.2, 0) is 4.79 Å². The molecule has 0 aromatic carbocycles. The fraction of sp³-hybridized carbons (Fsp3) is 0.923. The number of carbonyl (C=O) groups is 1. The smallest absolute Gasteiger partial charge is 0.224 e. The van der Waals surface area contributed by atoms with E-state index in [1.54, 1.807) is 0 Å². The van der Waals surface area contributed by atoms with E-state index >= 15 is 0 Å². The molecule has 2 N–H and O–H groups in total. The summed E-state index contributed by atoms with van der Waals surface area (Å²) in [6.45, 7) is 6.63. The van der Waals surface area contributed by atoms with Crippen molar-refractivity contribution in [2.75, 3.05) is 19.6 Å². The number of aliphatic hydroxyl groups is 1. The Morgan fingerprint density at radius 1 is 1.47 bits per heavy atom. The molecular formula is C13H24N2O2. The topological polar surface area (TPSA) is 52.6 Å². The van der Waals surface area contributed by atoms with Crippen molar-refractivity contribution in [2.45, 2.75) is 45.3 Å². The molecular weight excluding hydrogens is 216 g/mol. The van der Waals surface area contributed by atoms with Gasteiger partial charge < -0.3 is 15.3 Å². The normalized spacial score (nSPS) is 33.8. The zero-order valence-electron chi connectivity index (χ0n) is 10.9. The van der Waals surface area contributed by atoms with E-state index < -0.39 is 0 Å². The molecule has 0 spiro atoms. The molecule has 0 radical (unpaired) electrons. The minimum Gasteiger partial charge on any atom is -0.393 e. The highest BCUT2D eigenvalue weighted by Crippen LogP contribution is 2.38. The van der Waals surface area contributed by atoms with Gasteiger partial charge in [-0.2, -0.15) is 0 Å². The fourth-order valence-electron chi connectivity index (χ4n) is 3.25. The fourth-order valence-corrected chi connectivity index (χ4v) is 3.25. The number of nitrogens with zero attached hydrogens (tertiary/aromatic N) is 1. The van der Waals surface area contributed by atoms with Gasteiger partial charge >= 0.3 is 0 Å². The molecule has 1 aliphatic heterocycles. The minimum absolute atomic E-state index is 0.177. The van der Waals surface area contributed by atoms with Crippen LogP contribution in [-0.4, -0.2) is 47.7 Å². The Morgan fingerprint density at radius 2 is 2.24 bits per heavy atom. The van der Waals surface area contributed by atoms with Crippen molar-refractivity contribution in [1.29, 1.82) is 0 Å². The van der Waals surface area contributed by atoms with E-state index in [1.807, 2.05) is 11.8 Å². The number of rotatable bonds is 4. The molecule has 1 aliphatic carbocycles. The van der Waals surface area contributed by atoms with E-state index in [0.29, 0.717) is 18.3 Å². The molecule has 98 valence electrons. The number of aliphatic hydroxyl groups excluding tert-OH is 1. The van der Waals surface area contributed by atoms with Crippen LogP contribution in [0.2, 0.25) is 0 Å². The van der Waals surface area contributed by atoms with Gasteiger partial charge in [-0.25, -0.2) is 0 Å². The van der Waals surface area contributed by atoms with Crippen molar-refractivity contribution in [1.82, 2.24) is 10.2 Å². The molecule has 1 saturated carbocycles. The van der Waals surface area contributed by atoms with Crippen LogP contribution in [0.1, 0.15) is 33.1 Å². The number of hydrogen-bond donors (Lipinski definition) is 2. The van der Waals surface area contributed by atoms with Crippen LogP contribution in [0.15, 0.2) is 0 Å². The lowest BCUT2D eigenvalue weighted by Crippen LogP contribution is -2.36. The van der Waals surface area contributed by atoms with Gasteiger partial charge in [-0.05, 0) is 32.2 Å². The van der Waals surface area contributed by atoms with Gasteiger partial charge in [0, 0.05) is 31.5 Å².